The molecule has 0 aliphatic rings. The summed E-state index contributed by atoms with van der Waals surface area (Å²) in [6.07, 6.45) is 0.601. The van der Waals surface area contributed by atoms with E-state index in [9.17, 15) is 10.1 Å². The van der Waals surface area contributed by atoms with Crippen molar-refractivity contribution in [1.82, 2.24) is 4.98 Å². The number of nitrogens with zero attached hydrogens (tertiary/aromatic N) is 2. The van der Waals surface area contributed by atoms with Crippen molar-refractivity contribution >= 4 is 23.4 Å². The molecule has 1 heterocycles. The molecule has 3 aromatic carbocycles. The van der Waals surface area contributed by atoms with Gasteiger partial charge in [0.05, 0.1) is 16.5 Å². The van der Waals surface area contributed by atoms with Gasteiger partial charge in [-0.15, -0.1) is 0 Å². The summed E-state index contributed by atoms with van der Waals surface area (Å²) < 4.78 is 0. The second kappa shape index (κ2) is 11.0. The third-order valence-electron chi connectivity index (χ3n) is 5.66. The molecule has 0 fully saturated rings. The second-order valence-corrected chi connectivity index (χ2v) is 9.65. The summed E-state index contributed by atoms with van der Waals surface area (Å²) in [6, 6.07) is 30.1. The Hall–Kier alpha value is -3.88. The molecule has 4 rings (SSSR count). The minimum atomic E-state index is -0.398. The van der Waals surface area contributed by atoms with Crippen molar-refractivity contribution in [3.63, 3.8) is 0 Å². The second-order valence-electron chi connectivity index (χ2n) is 8.46. The summed E-state index contributed by atoms with van der Waals surface area (Å²) >= 11 is 1.35. The number of aryl methyl sites for hydroxylation is 2. The van der Waals surface area contributed by atoms with Crippen molar-refractivity contribution < 1.29 is 4.79 Å². The van der Waals surface area contributed by atoms with Gasteiger partial charge in [-0.1, -0.05) is 85.4 Å². The van der Waals surface area contributed by atoms with Crippen LogP contribution >= 0.6 is 11.8 Å². The fourth-order valence-corrected chi connectivity index (χ4v) is 5.07. The van der Waals surface area contributed by atoms with Gasteiger partial charge in [-0.05, 0) is 55.2 Å². The molecule has 174 valence electrons. The summed E-state index contributed by atoms with van der Waals surface area (Å²) in [5.74, 6) is -0.0976. The number of nitrogens with one attached hydrogen (secondary N) is 1. The SMILES string of the molecule is CCC(Sc1nc(-c2ccccc2)cc(-c2ccccc2)c1C#N)C(=O)Nc1cc(C)cc(C)c1. The van der Waals surface area contributed by atoms with Crippen LogP contribution in [0.15, 0.2) is 90.0 Å². The highest BCUT2D eigenvalue weighted by Gasteiger charge is 2.23. The van der Waals surface area contributed by atoms with Crippen LogP contribution in [0.1, 0.15) is 30.0 Å². The Kier molecular flexibility index (Phi) is 7.64. The van der Waals surface area contributed by atoms with Gasteiger partial charge in [-0.3, -0.25) is 4.79 Å². The van der Waals surface area contributed by atoms with E-state index in [0.717, 1.165) is 39.2 Å². The van der Waals surface area contributed by atoms with Crippen LogP contribution in [0.4, 0.5) is 5.69 Å². The van der Waals surface area contributed by atoms with Crippen molar-refractivity contribution in [3.05, 3.63) is 102 Å². The van der Waals surface area contributed by atoms with Gasteiger partial charge < -0.3 is 5.32 Å². The molecule has 4 aromatic rings. The number of pyridine rings is 1. The van der Waals surface area contributed by atoms with Crippen LogP contribution in [-0.2, 0) is 4.79 Å². The number of anilines is 1. The molecular weight excluding hydrogens is 450 g/mol. The van der Waals surface area contributed by atoms with E-state index < -0.39 is 5.25 Å². The predicted octanol–water partition coefficient (Wildman–Crippen LogP) is 7.41. The Labute approximate surface area is 211 Å². The van der Waals surface area contributed by atoms with Gasteiger partial charge in [-0.25, -0.2) is 4.98 Å². The van der Waals surface area contributed by atoms with Crippen molar-refractivity contribution in [2.24, 2.45) is 0 Å². The van der Waals surface area contributed by atoms with Crippen LogP contribution in [0.3, 0.4) is 0 Å². The number of amides is 1. The molecule has 0 saturated carbocycles. The number of aromatic nitrogens is 1. The highest BCUT2D eigenvalue weighted by atomic mass is 32.2. The third kappa shape index (κ3) is 5.79. The van der Waals surface area contributed by atoms with Crippen LogP contribution < -0.4 is 5.32 Å². The zero-order valence-electron chi connectivity index (χ0n) is 20.1. The minimum Gasteiger partial charge on any atom is -0.325 e. The zero-order chi connectivity index (χ0) is 24.8. The van der Waals surface area contributed by atoms with Gasteiger partial charge in [0.1, 0.15) is 11.1 Å². The third-order valence-corrected chi connectivity index (χ3v) is 7.01. The maximum atomic E-state index is 13.2. The highest BCUT2D eigenvalue weighted by Crippen LogP contribution is 2.36. The summed E-state index contributed by atoms with van der Waals surface area (Å²) in [5, 5.41) is 13.4. The van der Waals surface area contributed by atoms with Crippen LogP contribution in [0.5, 0.6) is 0 Å². The first-order valence-corrected chi connectivity index (χ1v) is 12.5. The first-order valence-electron chi connectivity index (χ1n) is 11.6. The van der Waals surface area contributed by atoms with E-state index in [1.165, 1.54) is 11.8 Å². The van der Waals surface area contributed by atoms with Gasteiger partial charge in [0, 0.05) is 16.8 Å². The molecule has 35 heavy (non-hydrogen) atoms. The molecule has 0 aliphatic carbocycles. The van der Waals surface area contributed by atoms with Crippen molar-refractivity contribution in [2.45, 2.75) is 37.5 Å². The number of benzene rings is 3. The molecule has 1 N–H and O–H groups in total. The molecule has 5 heteroatoms. The number of carbonyl (C=O) groups excluding carboxylic acids is 1. The van der Waals surface area contributed by atoms with Crippen molar-refractivity contribution in [1.29, 1.82) is 5.26 Å². The van der Waals surface area contributed by atoms with Crippen LogP contribution in [0.2, 0.25) is 0 Å². The van der Waals surface area contributed by atoms with E-state index in [-0.39, 0.29) is 5.91 Å². The number of hydrogen-bond donors (Lipinski definition) is 1. The van der Waals surface area contributed by atoms with E-state index in [4.69, 9.17) is 4.98 Å². The monoisotopic (exact) mass is 477 g/mol. The van der Waals surface area contributed by atoms with Gasteiger partial charge in [0.2, 0.25) is 5.91 Å². The quantitative estimate of drug-likeness (QED) is 0.281. The Morgan fingerprint density at radius 2 is 1.54 bits per heavy atom. The Morgan fingerprint density at radius 1 is 0.943 bits per heavy atom. The van der Waals surface area contributed by atoms with Crippen LogP contribution in [0.25, 0.3) is 22.4 Å². The largest absolute Gasteiger partial charge is 0.325 e. The molecule has 4 nitrogen and oxygen atoms in total. The lowest BCUT2D eigenvalue weighted by atomic mass is 9.99. The summed E-state index contributed by atoms with van der Waals surface area (Å²) in [7, 11) is 0. The van der Waals surface area contributed by atoms with Gasteiger partial charge in [0.15, 0.2) is 0 Å². The lowest BCUT2D eigenvalue weighted by Gasteiger charge is -2.18. The van der Waals surface area contributed by atoms with Crippen LogP contribution in [0, 0.1) is 25.2 Å². The number of carbonyl (C=O) groups is 1. The first kappa shape index (κ1) is 24.3. The van der Waals surface area contributed by atoms with E-state index in [1.54, 1.807) is 0 Å². The molecule has 1 unspecified atom stereocenters. The normalized spacial score (nSPS) is 11.5. The number of nitriles is 1. The highest BCUT2D eigenvalue weighted by molar-refractivity contribution is 8.00. The Balaban J connectivity index is 1.74. The number of rotatable bonds is 7. The molecule has 1 aromatic heterocycles. The van der Waals surface area contributed by atoms with Gasteiger partial charge >= 0.3 is 0 Å². The molecule has 1 amide bonds. The predicted molar refractivity (Wildman–Crippen MR) is 144 cm³/mol. The number of hydrogen-bond acceptors (Lipinski definition) is 4. The average Bonchev–Trinajstić information content (AvgIpc) is 2.87. The zero-order valence-corrected chi connectivity index (χ0v) is 20.9. The molecule has 0 spiro atoms. The Morgan fingerprint density at radius 3 is 2.11 bits per heavy atom. The van der Waals surface area contributed by atoms with Crippen LogP contribution in [-0.4, -0.2) is 16.1 Å². The Bertz CT molecular complexity index is 1360. The first-order chi connectivity index (χ1) is 17.0. The van der Waals surface area contributed by atoms with Gasteiger partial charge in [-0.2, -0.15) is 5.26 Å². The molecule has 0 radical (unpaired) electrons. The van der Waals surface area contributed by atoms with E-state index in [2.05, 4.69) is 17.5 Å². The van der Waals surface area contributed by atoms with E-state index in [1.807, 2.05) is 99.6 Å². The fraction of sp³-hybridized carbons (Fsp3) is 0.167. The fourth-order valence-electron chi connectivity index (χ4n) is 4.04. The van der Waals surface area contributed by atoms with Crippen molar-refractivity contribution in [2.75, 3.05) is 5.32 Å². The van der Waals surface area contributed by atoms with Crippen molar-refractivity contribution in [3.8, 4) is 28.5 Å². The smallest absolute Gasteiger partial charge is 0.237 e. The minimum absolute atomic E-state index is 0.0976. The molecule has 0 bridgehead atoms. The lowest BCUT2D eigenvalue weighted by molar-refractivity contribution is -0.115. The molecule has 1 atom stereocenters. The lowest BCUT2D eigenvalue weighted by Crippen LogP contribution is -2.25. The van der Waals surface area contributed by atoms with Gasteiger partial charge in [0.25, 0.3) is 0 Å². The number of thioether (sulfide) groups is 1. The molecular formula is C30H27N3OS. The summed E-state index contributed by atoms with van der Waals surface area (Å²) in [5.41, 5.74) is 6.95. The standard InChI is InChI=1S/C30H27N3OS/c1-4-28(29(34)32-24-16-20(2)15-21(3)17-24)35-30-26(19-31)25(22-11-7-5-8-12-22)18-27(33-30)23-13-9-6-10-14-23/h5-18,28H,4H2,1-3H3,(H,32,34). The molecule has 0 saturated heterocycles. The summed E-state index contributed by atoms with van der Waals surface area (Å²) in [6.45, 7) is 6.00. The van der Waals surface area contributed by atoms with E-state index >= 15 is 0 Å². The maximum absolute atomic E-state index is 13.2. The topological polar surface area (TPSA) is 65.8 Å². The molecule has 0 aliphatic heterocycles. The maximum Gasteiger partial charge on any atom is 0.237 e. The van der Waals surface area contributed by atoms with E-state index in [0.29, 0.717) is 17.0 Å². The average molecular weight is 478 g/mol. The summed E-state index contributed by atoms with van der Waals surface area (Å²) in [4.78, 5) is 18.1.